The molecule has 0 unspecified atom stereocenters. The van der Waals surface area contributed by atoms with Crippen LogP contribution in [0.2, 0.25) is 5.02 Å². The van der Waals surface area contributed by atoms with E-state index in [0.717, 1.165) is 25.2 Å². The third kappa shape index (κ3) is 3.31. The van der Waals surface area contributed by atoms with E-state index in [4.69, 9.17) is 11.6 Å². The Morgan fingerprint density at radius 3 is 3.00 bits per heavy atom. The average molecular weight is 254 g/mol. The Morgan fingerprint density at radius 2 is 2.24 bits per heavy atom. The molecule has 2 aromatic rings. The second kappa shape index (κ2) is 5.33. The first-order chi connectivity index (χ1) is 8.15. The minimum atomic E-state index is 0.644. The van der Waals surface area contributed by atoms with Crippen LogP contribution >= 0.6 is 11.6 Å². The van der Waals surface area contributed by atoms with Crippen molar-refractivity contribution >= 4 is 23.2 Å². The van der Waals surface area contributed by atoms with Gasteiger partial charge in [0.1, 0.15) is 0 Å². The van der Waals surface area contributed by atoms with Gasteiger partial charge in [-0.3, -0.25) is 0 Å². The number of hydrogen-bond donors (Lipinski definition) is 1. The van der Waals surface area contributed by atoms with Gasteiger partial charge in [-0.25, -0.2) is 4.52 Å². The molecule has 0 radical (unpaired) electrons. The fourth-order valence-electron chi connectivity index (χ4n) is 1.53. The summed E-state index contributed by atoms with van der Waals surface area (Å²) < 4.78 is 1.68. The lowest BCUT2D eigenvalue weighted by atomic mass is 10.4. The maximum absolute atomic E-state index is 5.88. The van der Waals surface area contributed by atoms with Crippen molar-refractivity contribution in [1.82, 2.24) is 19.5 Å². The zero-order valence-corrected chi connectivity index (χ0v) is 10.8. The van der Waals surface area contributed by atoms with Crippen molar-refractivity contribution in [2.24, 2.45) is 0 Å². The van der Waals surface area contributed by atoms with Crippen LogP contribution in [0, 0.1) is 0 Å². The number of hydrogen-bond acceptors (Lipinski definition) is 4. The Kier molecular flexibility index (Phi) is 3.81. The summed E-state index contributed by atoms with van der Waals surface area (Å²) in [7, 11) is 4.12. The van der Waals surface area contributed by atoms with Crippen LogP contribution in [0.15, 0.2) is 18.3 Å². The largest absolute Gasteiger partial charge is 0.353 e. The number of pyridine rings is 1. The highest BCUT2D eigenvalue weighted by Gasteiger charge is 2.02. The van der Waals surface area contributed by atoms with Crippen LogP contribution in [0.5, 0.6) is 0 Å². The van der Waals surface area contributed by atoms with E-state index >= 15 is 0 Å². The highest BCUT2D eigenvalue weighted by molar-refractivity contribution is 6.30. The number of anilines is 1. The maximum atomic E-state index is 5.88. The van der Waals surface area contributed by atoms with Gasteiger partial charge in [0, 0.05) is 12.7 Å². The fourth-order valence-corrected chi connectivity index (χ4v) is 1.68. The fraction of sp³-hybridized carbons (Fsp3) is 0.455. The van der Waals surface area contributed by atoms with Crippen LogP contribution < -0.4 is 5.32 Å². The van der Waals surface area contributed by atoms with E-state index < -0.39 is 0 Å². The van der Waals surface area contributed by atoms with Gasteiger partial charge in [-0.1, -0.05) is 11.6 Å². The minimum absolute atomic E-state index is 0.644. The molecule has 0 aliphatic carbocycles. The molecule has 1 N–H and O–H groups in total. The van der Waals surface area contributed by atoms with Crippen LogP contribution in [0.1, 0.15) is 6.42 Å². The Bertz CT molecular complexity index is 494. The lowest BCUT2D eigenvalue weighted by Gasteiger charge is -2.08. The molecule has 0 saturated carbocycles. The smallest absolute Gasteiger partial charge is 0.243 e. The summed E-state index contributed by atoms with van der Waals surface area (Å²) in [5, 5.41) is 8.14. The van der Waals surface area contributed by atoms with Crippen LogP contribution in [0.3, 0.4) is 0 Å². The predicted octanol–water partition coefficient (Wildman–Crippen LogP) is 1.75. The van der Waals surface area contributed by atoms with E-state index in [1.807, 2.05) is 6.07 Å². The summed E-state index contributed by atoms with van der Waals surface area (Å²) >= 11 is 5.88. The summed E-state index contributed by atoms with van der Waals surface area (Å²) in [4.78, 5) is 6.49. The second-order valence-electron chi connectivity index (χ2n) is 4.17. The van der Waals surface area contributed by atoms with Crippen molar-refractivity contribution in [2.45, 2.75) is 6.42 Å². The molecule has 0 aliphatic heterocycles. The van der Waals surface area contributed by atoms with Crippen molar-refractivity contribution in [3.05, 3.63) is 23.4 Å². The highest BCUT2D eigenvalue weighted by Crippen LogP contribution is 2.11. The molecule has 2 aromatic heterocycles. The van der Waals surface area contributed by atoms with E-state index in [0.29, 0.717) is 11.0 Å². The molecule has 0 bridgehead atoms. The molecular weight excluding hydrogens is 238 g/mol. The van der Waals surface area contributed by atoms with Gasteiger partial charge in [-0.05, 0) is 39.2 Å². The van der Waals surface area contributed by atoms with Crippen molar-refractivity contribution in [3.63, 3.8) is 0 Å². The van der Waals surface area contributed by atoms with Gasteiger partial charge in [-0.15, -0.1) is 5.10 Å². The van der Waals surface area contributed by atoms with E-state index in [9.17, 15) is 0 Å². The van der Waals surface area contributed by atoms with Crippen LogP contribution in [0.25, 0.3) is 5.65 Å². The molecular formula is C11H16ClN5. The van der Waals surface area contributed by atoms with Gasteiger partial charge in [0.25, 0.3) is 0 Å². The number of nitrogens with zero attached hydrogens (tertiary/aromatic N) is 4. The van der Waals surface area contributed by atoms with Crippen molar-refractivity contribution in [3.8, 4) is 0 Å². The maximum Gasteiger partial charge on any atom is 0.243 e. The third-order valence-corrected chi connectivity index (χ3v) is 2.58. The lowest BCUT2D eigenvalue weighted by molar-refractivity contribution is 0.405. The third-order valence-electron chi connectivity index (χ3n) is 2.36. The first-order valence-corrected chi connectivity index (χ1v) is 5.93. The van der Waals surface area contributed by atoms with Crippen molar-refractivity contribution in [2.75, 3.05) is 32.5 Å². The molecule has 2 rings (SSSR count). The molecule has 0 aliphatic rings. The van der Waals surface area contributed by atoms with Crippen molar-refractivity contribution in [1.29, 1.82) is 0 Å². The molecule has 0 aromatic carbocycles. The Morgan fingerprint density at radius 1 is 1.41 bits per heavy atom. The molecule has 6 heteroatoms. The SMILES string of the molecule is CN(C)CCCNc1nc2ccc(Cl)cn2n1. The van der Waals surface area contributed by atoms with E-state index in [-0.39, 0.29) is 0 Å². The number of aromatic nitrogens is 3. The quantitative estimate of drug-likeness (QED) is 0.825. The summed E-state index contributed by atoms with van der Waals surface area (Å²) in [5.41, 5.74) is 0.796. The monoisotopic (exact) mass is 253 g/mol. The molecule has 0 amide bonds. The van der Waals surface area contributed by atoms with E-state index in [1.54, 1.807) is 16.8 Å². The van der Waals surface area contributed by atoms with Gasteiger partial charge in [0.15, 0.2) is 5.65 Å². The van der Waals surface area contributed by atoms with E-state index in [2.05, 4.69) is 34.4 Å². The highest BCUT2D eigenvalue weighted by atomic mass is 35.5. The molecule has 17 heavy (non-hydrogen) atoms. The number of fused-ring (bicyclic) bond motifs is 1. The van der Waals surface area contributed by atoms with E-state index in [1.165, 1.54) is 0 Å². The van der Waals surface area contributed by atoms with Gasteiger partial charge >= 0.3 is 0 Å². The summed E-state index contributed by atoms with van der Waals surface area (Å²) in [6, 6.07) is 3.65. The first kappa shape index (κ1) is 12.1. The lowest BCUT2D eigenvalue weighted by Crippen LogP contribution is -2.16. The number of rotatable bonds is 5. The summed E-state index contributed by atoms with van der Waals surface area (Å²) in [6.45, 7) is 1.91. The van der Waals surface area contributed by atoms with Gasteiger partial charge < -0.3 is 10.2 Å². The first-order valence-electron chi connectivity index (χ1n) is 5.56. The predicted molar refractivity (Wildman–Crippen MR) is 69.7 cm³/mol. The zero-order chi connectivity index (χ0) is 12.3. The molecule has 92 valence electrons. The topological polar surface area (TPSA) is 45.5 Å². The summed E-state index contributed by atoms with van der Waals surface area (Å²) in [6.07, 6.45) is 2.80. The van der Waals surface area contributed by atoms with Crippen molar-refractivity contribution < 1.29 is 0 Å². The van der Waals surface area contributed by atoms with Crippen LogP contribution in [-0.2, 0) is 0 Å². The molecule has 0 fully saturated rings. The summed E-state index contributed by atoms with van der Waals surface area (Å²) in [5.74, 6) is 0.644. The molecule has 2 heterocycles. The van der Waals surface area contributed by atoms with Crippen LogP contribution in [-0.4, -0.2) is 46.7 Å². The molecule has 5 nitrogen and oxygen atoms in total. The normalized spacial score (nSPS) is 11.3. The van der Waals surface area contributed by atoms with Gasteiger partial charge in [0.2, 0.25) is 5.95 Å². The number of nitrogens with one attached hydrogen (secondary N) is 1. The zero-order valence-electron chi connectivity index (χ0n) is 10.0. The van der Waals surface area contributed by atoms with Gasteiger partial charge in [0.05, 0.1) is 5.02 Å². The Balaban J connectivity index is 1.95. The Labute approximate surface area is 105 Å². The second-order valence-corrected chi connectivity index (χ2v) is 4.61. The molecule has 0 spiro atoms. The molecule has 0 saturated heterocycles. The minimum Gasteiger partial charge on any atom is -0.353 e. The average Bonchev–Trinajstić information content (AvgIpc) is 2.66. The van der Waals surface area contributed by atoms with Gasteiger partial charge in [-0.2, -0.15) is 4.98 Å². The number of halogens is 1. The standard InChI is InChI=1S/C11H16ClN5/c1-16(2)7-3-6-13-11-14-10-5-4-9(12)8-17(10)15-11/h4-5,8H,3,6-7H2,1-2H3,(H,13,15). The Hall–Kier alpha value is -1.33. The van der Waals surface area contributed by atoms with Crippen LogP contribution in [0.4, 0.5) is 5.95 Å². The molecule has 0 atom stereocenters.